The summed E-state index contributed by atoms with van der Waals surface area (Å²) in [4.78, 5) is 15.0. The summed E-state index contributed by atoms with van der Waals surface area (Å²) in [5.41, 5.74) is 1.94. The van der Waals surface area contributed by atoms with E-state index < -0.39 is 0 Å². The molecule has 0 bridgehead atoms. The Hall–Kier alpha value is -1.84. The molecule has 0 aliphatic heterocycles. The predicted molar refractivity (Wildman–Crippen MR) is 98.1 cm³/mol. The van der Waals surface area contributed by atoms with Crippen molar-refractivity contribution in [2.75, 3.05) is 26.2 Å². The van der Waals surface area contributed by atoms with Crippen molar-refractivity contribution < 1.29 is 21.9 Å². The van der Waals surface area contributed by atoms with Gasteiger partial charge in [-0.05, 0) is 30.6 Å². The van der Waals surface area contributed by atoms with Crippen LogP contribution in [0.3, 0.4) is 0 Å². The molecule has 136 valence electrons. The lowest BCUT2D eigenvalue weighted by molar-refractivity contribution is -0.144. The number of halogens is 1. The monoisotopic (exact) mass is 360 g/mol. The van der Waals surface area contributed by atoms with Crippen LogP contribution in [0.2, 0.25) is 0 Å². The van der Waals surface area contributed by atoms with E-state index in [0.29, 0.717) is 6.61 Å². The Morgan fingerprint density at radius 1 is 0.920 bits per heavy atom. The summed E-state index contributed by atoms with van der Waals surface area (Å²) >= 11 is 0. The minimum atomic E-state index is -0.360. The van der Waals surface area contributed by atoms with E-state index in [0.717, 1.165) is 37.2 Å². The zero-order valence-electron chi connectivity index (χ0n) is 15.0. The standard InChI is InChI=1S/C21H27NO2.ClH/c1-3-22(4-2)16-11-17-24-21(23)20(18-12-7-5-8-13-18)19-14-9-6-10-15-19;/h5-10,12-15,20H,3-4,11,16-17H2,1-2H3;1H/p-1. The predicted octanol–water partition coefficient (Wildman–Crippen LogP) is 1.10. The van der Waals surface area contributed by atoms with Crippen LogP contribution in [0.1, 0.15) is 37.3 Å². The van der Waals surface area contributed by atoms with Crippen LogP contribution in [0.15, 0.2) is 60.7 Å². The van der Waals surface area contributed by atoms with E-state index in [4.69, 9.17) is 4.74 Å². The smallest absolute Gasteiger partial charge is 0.317 e. The maximum absolute atomic E-state index is 12.7. The fourth-order valence-electron chi connectivity index (χ4n) is 2.84. The highest BCUT2D eigenvalue weighted by Crippen LogP contribution is 2.25. The molecule has 0 radical (unpaired) electrons. The van der Waals surface area contributed by atoms with Gasteiger partial charge in [-0.3, -0.25) is 4.79 Å². The normalized spacial score (nSPS) is 10.6. The van der Waals surface area contributed by atoms with Crippen molar-refractivity contribution in [2.24, 2.45) is 0 Å². The summed E-state index contributed by atoms with van der Waals surface area (Å²) in [6.07, 6.45) is 0.865. The second kappa shape index (κ2) is 11.7. The molecule has 0 N–H and O–H groups in total. The molecule has 0 amide bonds. The summed E-state index contributed by atoms with van der Waals surface area (Å²) in [7, 11) is 0. The lowest BCUT2D eigenvalue weighted by Crippen LogP contribution is -3.00. The van der Waals surface area contributed by atoms with Crippen molar-refractivity contribution in [1.29, 1.82) is 0 Å². The van der Waals surface area contributed by atoms with Gasteiger partial charge in [0.1, 0.15) is 5.92 Å². The molecule has 25 heavy (non-hydrogen) atoms. The number of esters is 1. The molecule has 3 nitrogen and oxygen atoms in total. The second-order valence-corrected chi connectivity index (χ2v) is 5.80. The lowest BCUT2D eigenvalue weighted by atomic mass is 9.91. The third-order valence-corrected chi connectivity index (χ3v) is 4.26. The average molecular weight is 361 g/mol. The molecule has 0 aromatic heterocycles. The molecule has 0 fully saturated rings. The molecule has 2 aromatic carbocycles. The SMILES string of the molecule is CCN(CC)CCCOC(=O)C(c1ccccc1)c1ccccc1.[Cl-]. The van der Waals surface area contributed by atoms with E-state index >= 15 is 0 Å². The van der Waals surface area contributed by atoms with Gasteiger partial charge in [0.15, 0.2) is 0 Å². The van der Waals surface area contributed by atoms with E-state index in [-0.39, 0.29) is 24.3 Å². The van der Waals surface area contributed by atoms with Gasteiger partial charge < -0.3 is 22.0 Å². The first-order chi connectivity index (χ1) is 11.8. The zero-order valence-corrected chi connectivity index (χ0v) is 15.8. The van der Waals surface area contributed by atoms with Gasteiger partial charge in [0.25, 0.3) is 0 Å². The topological polar surface area (TPSA) is 29.5 Å². The van der Waals surface area contributed by atoms with E-state index in [1.807, 2.05) is 60.7 Å². The summed E-state index contributed by atoms with van der Waals surface area (Å²) in [6, 6.07) is 19.7. The van der Waals surface area contributed by atoms with Gasteiger partial charge in [-0.2, -0.15) is 0 Å². The van der Waals surface area contributed by atoms with Gasteiger partial charge in [0.05, 0.1) is 6.61 Å². The highest BCUT2D eigenvalue weighted by Gasteiger charge is 2.23. The molecule has 0 saturated heterocycles. The number of carbonyl (C=O) groups excluding carboxylic acids is 1. The van der Waals surface area contributed by atoms with Crippen molar-refractivity contribution in [1.82, 2.24) is 4.90 Å². The van der Waals surface area contributed by atoms with E-state index in [1.54, 1.807) is 0 Å². The molecule has 0 saturated carbocycles. The number of nitrogens with zero attached hydrogens (tertiary/aromatic N) is 1. The van der Waals surface area contributed by atoms with Crippen LogP contribution in [-0.4, -0.2) is 37.1 Å². The minimum Gasteiger partial charge on any atom is -1.00 e. The number of benzene rings is 2. The van der Waals surface area contributed by atoms with Crippen molar-refractivity contribution in [3.05, 3.63) is 71.8 Å². The highest BCUT2D eigenvalue weighted by molar-refractivity contribution is 5.82. The highest BCUT2D eigenvalue weighted by atomic mass is 35.5. The van der Waals surface area contributed by atoms with Crippen LogP contribution < -0.4 is 12.4 Å². The molecule has 0 spiro atoms. The molecular formula is C21H27ClNO2-. The third-order valence-electron chi connectivity index (χ3n) is 4.26. The first-order valence-corrected chi connectivity index (χ1v) is 8.75. The molecule has 2 aromatic rings. The Labute approximate surface area is 157 Å². The second-order valence-electron chi connectivity index (χ2n) is 5.80. The van der Waals surface area contributed by atoms with Crippen LogP contribution in [0.25, 0.3) is 0 Å². The van der Waals surface area contributed by atoms with Gasteiger partial charge in [-0.1, -0.05) is 74.5 Å². The van der Waals surface area contributed by atoms with E-state index in [1.165, 1.54) is 0 Å². The molecule has 2 rings (SSSR count). The van der Waals surface area contributed by atoms with Crippen LogP contribution in [0.4, 0.5) is 0 Å². The van der Waals surface area contributed by atoms with Crippen LogP contribution in [0, 0.1) is 0 Å². The third kappa shape index (κ3) is 6.52. The summed E-state index contributed by atoms with van der Waals surface area (Å²) < 4.78 is 5.59. The van der Waals surface area contributed by atoms with Crippen LogP contribution >= 0.6 is 0 Å². The molecule has 0 aliphatic rings. The van der Waals surface area contributed by atoms with Crippen molar-refractivity contribution >= 4 is 5.97 Å². The van der Waals surface area contributed by atoms with Crippen molar-refractivity contribution in [2.45, 2.75) is 26.2 Å². The van der Waals surface area contributed by atoms with Gasteiger partial charge >= 0.3 is 5.97 Å². The van der Waals surface area contributed by atoms with Gasteiger partial charge in [0.2, 0.25) is 0 Å². The number of rotatable bonds is 9. The van der Waals surface area contributed by atoms with Crippen molar-refractivity contribution in [3.63, 3.8) is 0 Å². The van der Waals surface area contributed by atoms with E-state index in [9.17, 15) is 4.79 Å². The Morgan fingerprint density at radius 2 is 1.40 bits per heavy atom. The van der Waals surface area contributed by atoms with Gasteiger partial charge in [-0.15, -0.1) is 0 Å². The average Bonchev–Trinajstić information content (AvgIpc) is 2.64. The summed E-state index contributed by atoms with van der Waals surface area (Å²) in [6.45, 7) is 7.78. The van der Waals surface area contributed by atoms with Crippen molar-refractivity contribution in [3.8, 4) is 0 Å². The fourth-order valence-corrected chi connectivity index (χ4v) is 2.84. The first-order valence-electron chi connectivity index (χ1n) is 8.75. The molecule has 0 unspecified atom stereocenters. The summed E-state index contributed by atoms with van der Waals surface area (Å²) in [5.74, 6) is -0.534. The first kappa shape index (κ1) is 21.2. The number of hydrogen-bond acceptors (Lipinski definition) is 3. The van der Waals surface area contributed by atoms with Crippen LogP contribution in [0.5, 0.6) is 0 Å². The Kier molecular flexibility index (Phi) is 9.90. The maximum atomic E-state index is 12.7. The van der Waals surface area contributed by atoms with Crippen LogP contribution in [-0.2, 0) is 9.53 Å². The quantitative estimate of drug-likeness (QED) is 0.495. The van der Waals surface area contributed by atoms with E-state index in [2.05, 4.69) is 18.7 Å². The molecular weight excluding hydrogens is 334 g/mol. The number of carbonyl (C=O) groups is 1. The molecule has 0 aliphatic carbocycles. The zero-order chi connectivity index (χ0) is 17.2. The summed E-state index contributed by atoms with van der Waals surface area (Å²) in [5, 5.41) is 0. The van der Waals surface area contributed by atoms with Gasteiger partial charge in [-0.25, -0.2) is 0 Å². The molecule has 4 heteroatoms. The molecule has 0 heterocycles. The largest absolute Gasteiger partial charge is 1.00 e. The Morgan fingerprint density at radius 3 is 1.84 bits per heavy atom. The Balaban J connectivity index is 0.00000312. The number of ether oxygens (including phenoxy) is 1. The maximum Gasteiger partial charge on any atom is 0.317 e. The Bertz CT molecular complexity index is 560. The fraction of sp³-hybridized carbons (Fsp3) is 0.381. The molecule has 0 atom stereocenters. The lowest BCUT2D eigenvalue weighted by Gasteiger charge is -2.19. The van der Waals surface area contributed by atoms with Gasteiger partial charge in [0, 0.05) is 6.54 Å². The minimum absolute atomic E-state index is 0. The number of hydrogen-bond donors (Lipinski definition) is 0.